The summed E-state index contributed by atoms with van der Waals surface area (Å²) >= 11 is 1.01. The Hall–Kier alpha value is -2.23. The molecule has 27 heavy (non-hydrogen) atoms. The maximum atomic E-state index is 12.5. The minimum atomic E-state index is -3.75. The molecule has 1 N–H and O–H groups in total. The first kappa shape index (κ1) is 19.5. The molecule has 0 saturated heterocycles. The molecule has 0 aliphatic heterocycles. The van der Waals surface area contributed by atoms with Crippen molar-refractivity contribution in [3.63, 3.8) is 0 Å². The lowest BCUT2D eigenvalue weighted by Crippen LogP contribution is -2.26. The van der Waals surface area contributed by atoms with E-state index in [4.69, 9.17) is 9.47 Å². The molecule has 9 heteroatoms. The zero-order valence-electron chi connectivity index (χ0n) is 14.9. The van der Waals surface area contributed by atoms with Crippen molar-refractivity contribution in [2.75, 3.05) is 7.11 Å². The summed E-state index contributed by atoms with van der Waals surface area (Å²) in [5.74, 6) is -0.387. The maximum Gasteiger partial charge on any atom is 0.350 e. The standard InChI is InChI=1S/C18H19NO6S2/c1-11(20)12-3-6-15(24-2)13(9-12)10-25-18(21)17-16(7-8-26-17)27(22,23)19-14-4-5-14/h3,6-9,14,19H,4-5,10H2,1-2H3. The van der Waals surface area contributed by atoms with E-state index >= 15 is 0 Å². The van der Waals surface area contributed by atoms with Crippen molar-refractivity contribution in [1.29, 1.82) is 0 Å². The van der Waals surface area contributed by atoms with Gasteiger partial charge in [-0.2, -0.15) is 0 Å². The number of sulfonamides is 1. The van der Waals surface area contributed by atoms with E-state index in [0.29, 0.717) is 16.9 Å². The largest absolute Gasteiger partial charge is 0.496 e. The molecule has 1 fully saturated rings. The van der Waals surface area contributed by atoms with Crippen molar-refractivity contribution in [1.82, 2.24) is 4.72 Å². The lowest BCUT2D eigenvalue weighted by molar-refractivity contribution is 0.0472. The fraction of sp³-hybridized carbons (Fsp3) is 0.333. The highest BCUT2D eigenvalue weighted by Crippen LogP contribution is 2.28. The number of hydrogen-bond donors (Lipinski definition) is 1. The molecule has 1 aliphatic rings. The third-order valence-corrected chi connectivity index (χ3v) is 6.64. The van der Waals surface area contributed by atoms with E-state index < -0.39 is 16.0 Å². The highest BCUT2D eigenvalue weighted by molar-refractivity contribution is 7.89. The van der Waals surface area contributed by atoms with Gasteiger partial charge in [-0.25, -0.2) is 17.9 Å². The lowest BCUT2D eigenvalue weighted by Gasteiger charge is -2.11. The number of ether oxygens (including phenoxy) is 2. The van der Waals surface area contributed by atoms with Gasteiger partial charge in [-0.1, -0.05) is 0 Å². The van der Waals surface area contributed by atoms with Crippen molar-refractivity contribution < 1.29 is 27.5 Å². The Morgan fingerprint density at radius 2 is 2.00 bits per heavy atom. The molecule has 0 unspecified atom stereocenters. The van der Waals surface area contributed by atoms with Crippen LogP contribution in [0.15, 0.2) is 34.5 Å². The van der Waals surface area contributed by atoms with E-state index in [-0.39, 0.29) is 28.2 Å². The summed E-state index contributed by atoms with van der Waals surface area (Å²) in [4.78, 5) is 23.9. The molecule has 0 spiro atoms. The molecule has 0 amide bonds. The molecule has 0 bridgehead atoms. The highest BCUT2D eigenvalue weighted by atomic mass is 32.2. The second-order valence-corrected chi connectivity index (χ2v) is 8.77. The Bertz CT molecular complexity index is 975. The van der Waals surface area contributed by atoms with Crippen molar-refractivity contribution in [3.8, 4) is 5.75 Å². The van der Waals surface area contributed by atoms with Gasteiger partial charge in [0.1, 0.15) is 22.1 Å². The van der Waals surface area contributed by atoms with Gasteiger partial charge in [0.2, 0.25) is 10.0 Å². The van der Waals surface area contributed by atoms with E-state index in [1.54, 1.807) is 18.2 Å². The van der Waals surface area contributed by atoms with E-state index in [9.17, 15) is 18.0 Å². The first-order valence-corrected chi connectivity index (χ1v) is 10.6. The SMILES string of the molecule is COc1ccc(C(C)=O)cc1COC(=O)c1sccc1S(=O)(=O)NC1CC1. The summed E-state index contributed by atoms with van der Waals surface area (Å²) in [5.41, 5.74) is 0.991. The van der Waals surface area contributed by atoms with Crippen LogP contribution >= 0.6 is 11.3 Å². The number of Topliss-reactive ketones (excluding diaryl/α,β-unsaturated/α-hetero) is 1. The summed E-state index contributed by atoms with van der Waals surface area (Å²) in [6.07, 6.45) is 1.60. The number of thiophene rings is 1. The first-order valence-electron chi connectivity index (χ1n) is 8.26. The molecule has 1 aromatic heterocycles. The third-order valence-electron chi connectivity index (χ3n) is 4.05. The van der Waals surface area contributed by atoms with Crippen LogP contribution in [0.25, 0.3) is 0 Å². The lowest BCUT2D eigenvalue weighted by atomic mass is 10.1. The molecule has 144 valence electrons. The second kappa shape index (κ2) is 7.79. The molecular weight excluding hydrogens is 390 g/mol. The van der Waals surface area contributed by atoms with Crippen molar-refractivity contribution in [2.45, 2.75) is 37.3 Å². The molecule has 2 aromatic rings. The summed E-state index contributed by atoms with van der Waals surface area (Å²) < 4.78 is 37.9. The minimum absolute atomic E-state index is 0.0184. The van der Waals surface area contributed by atoms with Crippen LogP contribution in [-0.4, -0.2) is 33.3 Å². The Kier molecular flexibility index (Phi) is 5.64. The Balaban J connectivity index is 1.77. The van der Waals surface area contributed by atoms with Gasteiger partial charge < -0.3 is 9.47 Å². The molecule has 0 radical (unpaired) electrons. The van der Waals surface area contributed by atoms with E-state index in [2.05, 4.69) is 4.72 Å². The molecule has 1 heterocycles. The van der Waals surface area contributed by atoms with E-state index in [1.165, 1.54) is 25.5 Å². The number of benzene rings is 1. The Morgan fingerprint density at radius 3 is 2.63 bits per heavy atom. The Morgan fingerprint density at radius 1 is 1.26 bits per heavy atom. The fourth-order valence-corrected chi connectivity index (χ4v) is 5.08. The van der Waals surface area contributed by atoms with Gasteiger partial charge in [-0.15, -0.1) is 11.3 Å². The number of esters is 1. The normalized spacial score (nSPS) is 14.0. The Labute approximate surface area is 161 Å². The fourth-order valence-electron chi connectivity index (χ4n) is 2.46. The van der Waals surface area contributed by atoms with Crippen LogP contribution in [0.2, 0.25) is 0 Å². The number of rotatable bonds is 8. The summed E-state index contributed by atoms with van der Waals surface area (Å²) in [7, 11) is -2.28. The monoisotopic (exact) mass is 409 g/mol. The van der Waals surface area contributed by atoms with Crippen molar-refractivity contribution in [2.24, 2.45) is 0 Å². The molecule has 1 saturated carbocycles. The van der Waals surface area contributed by atoms with Gasteiger partial charge in [0.15, 0.2) is 5.78 Å². The van der Waals surface area contributed by atoms with Gasteiger partial charge in [0.05, 0.1) is 7.11 Å². The maximum absolute atomic E-state index is 12.5. The third kappa shape index (κ3) is 4.55. The van der Waals surface area contributed by atoms with Crippen LogP contribution < -0.4 is 9.46 Å². The topological polar surface area (TPSA) is 98.8 Å². The average molecular weight is 409 g/mol. The number of hydrogen-bond acceptors (Lipinski definition) is 7. The number of methoxy groups -OCH3 is 1. The van der Waals surface area contributed by atoms with Gasteiger partial charge in [-0.05, 0) is 49.4 Å². The quantitative estimate of drug-likeness (QED) is 0.532. The van der Waals surface area contributed by atoms with Crippen LogP contribution in [0.4, 0.5) is 0 Å². The smallest absolute Gasteiger partial charge is 0.350 e. The number of ketones is 1. The summed E-state index contributed by atoms with van der Waals surface area (Å²) in [6.45, 7) is 1.30. The van der Waals surface area contributed by atoms with Crippen LogP contribution in [0.1, 0.15) is 45.4 Å². The van der Waals surface area contributed by atoms with Gasteiger partial charge in [-0.3, -0.25) is 4.79 Å². The number of carbonyl (C=O) groups is 2. The van der Waals surface area contributed by atoms with Crippen LogP contribution in [0.5, 0.6) is 5.75 Å². The van der Waals surface area contributed by atoms with Crippen LogP contribution in [0.3, 0.4) is 0 Å². The van der Waals surface area contributed by atoms with Crippen molar-refractivity contribution in [3.05, 3.63) is 45.6 Å². The summed E-state index contributed by atoms with van der Waals surface area (Å²) in [5, 5.41) is 1.54. The predicted octanol–water partition coefficient (Wildman–Crippen LogP) is 2.76. The van der Waals surface area contributed by atoms with Gasteiger partial charge in [0.25, 0.3) is 0 Å². The van der Waals surface area contributed by atoms with Gasteiger partial charge in [0, 0.05) is 17.2 Å². The number of nitrogens with one attached hydrogen (secondary N) is 1. The first-order chi connectivity index (χ1) is 12.8. The van der Waals surface area contributed by atoms with Crippen LogP contribution in [0, 0.1) is 0 Å². The highest BCUT2D eigenvalue weighted by Gasteiger charge is 2.31. The second-order valence-electron chi connectivity index (χ2n) is 6.17. The zero-order chi connectivity index (χ0) is 19.6. The number of carbonyl (C=O) groups excluding carboxylic acids is 2. The molecule has 3 rings (SSSR count). The molecule has 1 aromatic carbocycles. The average Bonchev–Trinajstić information content (AvgIpc) is 3.28. The van der Waals surface area contributed by atoms with E-state index in [1.807, 2.05) is 0 Å². The van der Waals surface area contributed by atoms with E-state index in [0.717, 1.165) is 24.2 Å². The van der Waals surface area contributed by atoms with Gasteiger partial charge >= 0.3 is 5.97 Å². The molecule has 1 aliphatic carbocycles. The predicted molar refractivity (Wildman–Crippen MR) is 99.8 cm³/mol. The molecule has 7 nitrogen and oxygen atoms in total. The van der Waals surface area contributed by atoms with Crippen molar-refractivity contribution >= 4 is 33.1 Å². The minimum Gasteiger partial charge on any atom is -0.496 e. The zero-order valence-corrected chi connectivity index (χ0v) is 16.5. The van der Waals surface area contributed by atoms with Crippen LogP contribution in [-0.2, 0) is 21.4 Å². The summed E-state index contributed by atoms with van der Waals surface area (Å²) in [6, 6.07) is 6.18. The molecular formula is C18H19NO6S2. The molecule has 0 atom stereocenters.